The number of ether oxygens (including phenoxy) is 1. The predicted molar refractivity (Wildman–Crippen MR) is 125 cm³/mol. The lowest BCUT2D eigenvalue weighted by atomic mass is 10.0. The topological polar surface area (TPSA) is 56.6 Å². The molecule has 2 aliphatic rings. The molecule has 2 heterocycles. The summed E-state index contributed by atoms with van der Waals surface area (Å²) in [6, 6.07) is 18.0. The molecule has 0 aromatic heterocycles. The second-order valence-electron chi connectivity index (χ2n) is 8.89. The minimum Gasteiger partial charge on any atom is -0.493 e. The Bertz CT molecular complexity index is 937. The van der Waals surface area contributed by atoms with Crippen molar-refractivity contribution < 1.29 is 14.1 Å². The monoisotopic (exact) mass is 433 g/mol. The summed E-state index contributed by atoms with van der Waals surface area (Å²) in [5.74, 6) is 0.858. The highest BCUT2D eigenvalue weighted by Crippen LogP contribution is 2.26. The summed E-state index contributed by atoms with van der Waals surface area (Å²) in [4.78, 5) is 15.0. The molecule has 0 spiro atoms. The van der Waals surface area contributed by atoms with Gasteiger partial charge < -0.3 is 9.64 Å². The number of hydrogen-bond acceptors (Lipinski definition) is 3. The molecule has 2 amide bonds. The zero-order valence-electron chi connectivity index (χ0n) is 19.0. The summed E-state index contributed by atoms with van der Waals surface area (Å²) < 4.78 is 6.77. The maximum Gasteiger partial charge on any atom is 0.363 e. The number of amides is 2. The van der Waals surface area contributed by atoms with Crippen molar-refractivity contribution in [2.45, 2.75) is 32.1 Å². The van der Waals surface area contributed by atoms with E-state index in [1.807, 2.05) is 65.5 Å². The summed E-state index contributed by atoms with van der Waals surface area (Å²) in [7, 11) is 1.98. The van der Waals surface area contributed by atoms with Gasteiger partial charge in [-0.2, -0.15) is 10.3 Å². The molecular weight excluding hydrogens is 400 g/mol. The van der Waals surface area contributed by atoms with Crippen LogP contribution in [0.2, 0.25) is 0 Å². The Kier molecular flexibility index (Phi) is 6.96. The Hall–Kier alpha value is -3.04. The zero-order valence-corrected chi connectivity index (χ0v) is 19.0. The van der Waals surface area contributed by atoms with Gasteiger partial charge in [-0.25, -0.2) is 9.39 Å². The fourth-order valence-electron chi connectivity index (χ4n) is 4.92. The summed E-state index contributed by atoms with van der Waals surface area (Å²) in [6.07, 6.45) is 5.51. The summed E-state index contributed by atoms with van der Waals surface area (Å²) in [6.45, 7) is 5.43. The standard InChI is InChI=1S/C26H33N4O2/c1-28(26(31)29-15-2-3-16-29)30(17-4-5-18-30)19-6-20-32-25-13-11-24(12-14-25)23-9-7-22(21-27)8-10-23/h7-14H,2-6,15-20H2,1H3/q+1. The molecule has 2 aromatic carbocycles. The first-order chi connectivity index (χ1) is 15.6. The highest BCUT2D eigenvalue weighted by atomic mass is 16.5. The summed E-state index contributed by atoms with van der Waals surface area (Å²) in [5, 5.41) is 10.9. The Morgan fingerprint density at radius 1 is 1.00 bits per heavy atom. The molecule has 2 aliphatic heterocycles. The predicted octanol–water partition coefficient (Wildman–Crippen LogP) is 4.67. The van der Waals surface area contributed by atoms with E-state index in [9.17, 15) is 4.79 Å². The number of urea groups is 1. The molecule has 0 saturated carbocycles. The van der Waals surface area contributed by atoms with Gasteiger partial charge in [-0.3, -0.25) is 0 Å². The van der Waals surface area contributed by atoms with Crippen LogP contribution in [0.1, 0.15) is 37.7 Å². The van der Waals surface area contributed by atoms with E-state index in [-0.39, 0.29) is 6.03 Å². The van der Waals surface area contributed by atoms with E-state index in [0.717, 1.165) is 73.5 Å². The molecule has 6 nitrogen and oxygen atoms in total. The van der Waals surface area contributed by atoms with Crippen molar-refractivity contribution >= 4 is 6.03 Å². The van der Waals surface area contributed by atoms with Crippen molar-refractivity contribution in [2.75, 3.05) is 46.4 Å². The molecule has 2 fully saturated rings. The Labute approximate surface area is 191 Å². The normalized spacial score (nSPS) is 17.2. The smallest absolute Gasteiger partial charge is 0.363 e. The Balaban J connectivity index is 1.29. The quantitative estimate of drug-likeness (QED) is 0.471. The van der Waals surface area contributed by atoms with Crippen LogP contribution in [0.5, 0.6) is 5.75 Å². The molecule has 0 radical (unpaired) electrons. The lowest BCUT2D eigenvalue weighted by molar-refractivity contribution is -1.01. The largest absolute Gasteiger partial charge is 0.493 e. The number of rotatable bonds is 7. The first-order valence-corrected chi connectivity index (χ1v) is 11.7. The van der Waals surface area contributed by atoms with E-state index in [2.05, 4.69) is 6.07 Å². The lowest BCUT2D eigenvalue weighted by Crippen LogP contribution is -2.62. The molecule has 0 N–H and O–H groups in total. The van der Waals surface area contributed by atoms with E-state index in [1.54, 1.807) is 0 Å². The fraction of sp³-hybridized carbons (Fsp3) is 0.462. The maximum absolute atomic E-state index is 13.0. The lowest BCUT2D eigenvalue weighted by Gasteiger charge is -2.42. The summed E-state index contributed by atoms with van der Waals surface area (Å²) >= 11 is 0. The highest BCUT2D eigenvalue weighted by molar-refractivity contribution is 5.73. The molecule has 4 rings (SSSR count). The molecule has 2 saturated heterocycles. The Morgan fingerprint density at radius 3 is 2.19 bits per heavy atom. The van der Waals surface area contributed by atoms with Gasteiger partial charge in [0.2, 0.25) is 0 Å². The van der Waals surface area contributed by atoms with E-state index in [4.69, 9.17) is 10.00 Å². The SMILES string of the molecule is CN(C(=O)N1CCCC1)[N+]1(CCCOc2ccc(-c3ccc(C#N)cc3)cc2)CCCC1. The van der Waals surface area contributed by atoms with Gasteiger partial charge in [0.25, 0.3) is 0 Å². The van der Waals surface area contributed by atoms with Gasteiger partial charge in [-0.1, -0.05) is 24.3 Å². The van der Waals surface area contributed by atoms with Crippen molar-refractivity contribution in [3.8, 4) is 22.9 Å². The third-order valence-electron chi connectivity index (χ3n) is 6.88. The second kappa shape index (κ2) is 10.1. The number of nitrogens with zero attached hydrogens (tertiary/aromatic N) is 4. The molecule has 0 unspecified atom stereocenters. The van der Waals surface area contributed by atoms with Crippen LogP contribution in [0.3, 0.4) is 0 Å². The Morgan fingerprint density at radius 2 is 1.59 bits per heavy atom. The van der Waals surface area contributed by atoms with Gasteiger partial charge in [-0.05, 0) is 48.2 Å². The number of quaternary nitrogens is 1. The van der Waals surface area contributed by atoms with Crippen molar-refractivity contribution in [3.63, 3.8) is 0 Å². The van der Waals surface area contributed by atoms with Crippen LogP contribution in [-0.4, -0.2) is 66.9 Å². The average Bonchev–Trinajstić information content (AvgIpc) is 3.55. The first kappa shape index (κ1) is 22.2. The number of carbonyl (C=O) groups excluding carboxylic acids is 1. The number of hydrogen-bond donors (Lipinski definition) is 0. The third kappa shape index (κ3) is 4.89. The van der Waals surface area contributed by atoms with Crippen LogP contribution in [-0.2, 0) is 0 Å². The maximum atomic E-state index is 13.0. The number of likely N-dealkylation sites (tertiary alicyclic amines) is 2. The van der Waals surface area contributed by atoms with Crippen molar-refractivity contribution in [3.05, 3.63) is 54.1 Å². The zero-order chi connectivity index (χ0) is 22.4. The number of carbonyl (C=O) groups is 1. The van der Waals surface area contributed by atoms with Crippen molar-refractivity contribution in [2.24, 2.45) is 0 Å². The van der Waals surface area contributed by atoms with Crippen LogP contribution in [0, 0.1) is 11.3 Å². The number of nitriles is 1. The van der Waals surface area contributed by atoms with E-state index in [1.165, 1.54) is 12.8 Å². The highest BCUT2D eigenvalue weighted by Gasteiger charge is 2.41. The molecule has 6 heteroatoms. The third-order valence-corrected chi connectivity index (χ3v) is 6.88. The van der Waals surface area contributed by atoms with Crippen molar-refractivity contribution in [1.29, 1.82) is 5.26 Å². The molecule has 0 atom stereocenters. The van der Waals surface area contributed by atoms with Crippen molar-refractivity contribution in [1.82, 2.24) is 9.91 Å². The molecule has 2 aromatic rings. The first-order valence-electron chi connectivity index (χ1n) is 11.7. The minimum absolute atomic E-state index is 0.184. The van der Waals surface area contributed by atoms with Gasteiger partial charge in [0.15, 0.2) is 0 Å². The molecule has 0 bridgehead atoms. The van der Waals surface area contributed by atoms with E-state index >= 15 is 0 Å². The average molecular weight is 434 g/mol. The van der Waals surface area contributed by atoms with Gasteiger partial charge in [0.1, 0.15) is 25.4 Å². The van der Waals surface area contributed by atoms with Gasteiger partial charge in [-0.15, -0.1) is 0 Å². The van der Waals surface area contributed by atoms with Gasteiger partial charge in [0, 0.05) is 32.4 Å². The number of benzene rings is 2. The van der Waals surface area contributed by atoms with Crippen LogP contribution < -0.4 is 4.74 Å². The molecule has 168 valence electrons. The minimum atomic E-state index is 0.184. The van der Waals surface area contributed by atoms with Gasteiger partial charge >= 0.3 is 6.03 Å². The van der Waals surface area contributed by atoms with E-state index in [0.29, 0.717) is 12.2 Å². The van der Waals surface area contributed by atoms with Crippen LogP contribution in [0.15, 0.2) is 48.5 Å². The van der Waals surface area contributed by atoms with Crippen LogP contribution >= 0.6 is 0 Å². The summed E-state index contributed by atoms with van der Waals surface area (Å²) in [5.41, 5.74) is 2.85. The van der Waals surface area contributed by atoms with Crippen LogP contribution in [0.4, 0.5) is 4.79 Å². The molecular formula is C26H33N4O2+. The molecule has 0 aliphatic carbocycles. The van der Waals surface area contributed by atoms with Gasteiger partial charge in [0.05, 0.1) is 25.3 Å². The molecule has 32 heavy (non-hydrogen) atoms. The second-order valence-corrected chi connectivity index (χ2v) is 8.89. The van der Waals surface area contributed by atoms with E-state index < -0.39 is 0 Å². The fourth-order valence-corrected chi connectivity index (χ4v) is 4.92. The van der Waals surface area contributed by atoms with Crippen LogP contribution in [0.25, 0.3) is 11.1 Å².